The first-order valence-corrected chi connectivity index (χ1v) is 10.2. The number of carbonyl (C=O) groups excluding carboxylic acids is 1. The first-order valence-electron chi connectivity index (χ1n) is 10.2. The van der Waals surface area contributed by atoms with Gasteiger partial charge in [0.05, 0.1) is 19.9 Å². The van der Waals surface area contributed by atoms with Crippen LogP contribution in [0.25, 0.3) is 16.8 Å². The Labute approximate surface area is 194 Å². The highest BCUT2D eigenvalue weighted by Gasteiger charge is 2.15. The van der Waals surface area contributed by atoms with Crippen molar-refractivity contribution in [2.24, 2.45) is 0 Å². The van der Waals surface area contributed by atoms with E-state index >= 15 is 0 Å². The van der Waals surface area contributed by atoms with Crippen LogP contribution in [0.3, 0.4) is 0 Å². The molecule has 0 aliphatic carbocycles. The molecule has 0 atom stereocenters. The summed E-state index contributed by atoms with van der Waals surface area (Å²) in [6.45, 7) is -2.99. The standard InChI is InChI=1S/C25H21F2N3O4/c1-32-19-8-3-16(4-9-19)21-15-17(5-12-23(21)34-25(26)27)28-24(31)22-13-14-30(29-22)18-6-10-20(33-2)11-7-18/h3-15,25H,1-2H3,(H,28,31). The number of nitrogens with one attached hydrogen (secondary N) is 1. The van der Waals surface area contributed by atoms with Gasteiger partial charge >= 0.3 is 6.61 Å². The predicted octanol–water partition coefficient (Wildman–Crippen LogP) is 5.41. The average Bonchev–Trinajstić information content (AvgIpc) is 3.35. The number of rotatable bonds is 8. The van der Waals surface area contributed by atoms with Gasteiger partial charge in [0.25, 0.3) is 5.91 Å². The second-order valence-corrected chi connectivity index (χ2v) is 7.12. The van der Waals surface area contributed by atoms with Gasteiger partial charge in [0, 0.05) is 17.4 Å². The summed E-state index contributed by atoms with van der Waals surface area (Å²) < 4.78 is 42.4. The largest absolute Gasteiger partial charge is 0.497 e. The van der Waals surface area contributed by atoms with Gasteiger partial charge in [0.2, 0.25) is 0 Å². The van der Waals surface area contributed by atoms with Gasteiger partial charge in [-0.2, -0.15) is 13.9 Å². The molecule has 4 rings (SSSR count). The Morgan fingerprint density at radius 2 is 1.56 bits per heavy atom. The number of nitrogens with zero attached hydrogens (tertiary/aromatic N) is 2. The Balaban J connectivity index is 1.57. The van der Waals surface area contributed by atoms with Gasteiger partial charge < -0.3 is 19.5 Å². The third kappa shape index (κ3) is 5.15. The highest BCUT2D eigenvalue weighted by molar-refractivity contribution is 6.03. The van der Waals surface area contributed by atoms with Crippen molar-refractivity contribution >= 4 is 11.6 Å². The van der Waals surface area contributed by atoms with Gasteiger partial charge in [0.15, 0.2) is 5.69 Å². The molecule has 0 aliphatic heterocycles. The molecule has 0 radical (unpaired) electrons. The molecule has 0 saturated carbocycles. The van der Waals surface area contributed by atoms with Crippen LogP contribution in [0.15, 0.2) is 79.0 Å². The minimum absolute atomic E-state index is 0.0121. The number of carbonyl (C=O) groups is 1. The molecule has 174 valence electrons. The van der Waals surface area contributed by atoms with E-state index in [9.17, 15) is 13.6 Å². The van der Waals surface area contributed by atoms with Crippen molar-refractivity contribution in [3.63, 3.8) is 0 Å². The Morgan fingerprint density at radius 3 is 2.18 bits per heavy atom. The van der Waals surface area contributed by atoms with Crippen molar-refractivity contribution in [1.29, 1.82) is 0 Å². The van der Waals surface area contributed by atoms with E-state index in [-0.39, 0.29) is 11.4 Å². The second kappa shape index (κ2) is 10.0. The molecule has 0 saturated heterocycles. The lowest BCUT2D eigenvalue weighted by molar-refractivity contribution is -0.0494. The van der Waals surface area contributed by atoms with E-state index in [0.717, 1.165) is 5.69 Å². The van der Waals surface area contributed by atoms with Crippen molar-refractivity contribution in [2.75, 3.05) is 19.5 Å². The summed E-state index contributed by atoms with van der Waals surface area (Å²) in [5.74, 6) is 0.871. The first-order chi connectivity index (χ1) is 16.5. The van der Waals surface area contributed by atoms with Gasteiger partial charge in [-0.05, 0) is 66.2 Å². The Morgan fingerprint density at radius 1 is 0.912 bits per heavy atom. The van der Waals surface area contributed by atoms with Gasteiger partial charge in [-0.3, -0.25) is 4.79 Å². The SMILES string of the molecule is COc1ccc(-c2cc(NC(=O)c3ccn(-c4ccc(OC)cc4)n3)ccc2OC(F)F)cc1. The quantitative estimate of drug-likeness (QED) is 0.377. The summed E-state index contributed by atoms with van der Waals surface area (Å²) >= 11 is 0. The predicted molar refractivity (Wildman–Crippen MR) is 123 cm³/mol. The molecule has 1 heterocycles. The molecule has 1 amide bonds. The zero-order chi connectivity index (χ0) is 24.1. The fourth-order valence-corrected chi connectivity index (χ4v) is 3.32. The van der Waals surface area contributed by atoms with Crippen molar-refractivity contribution < 1.29 is 27.8 Å². The minimum Gasteiger partial charge on any atom is -0.497 e. The Kier molecular flexibility index (Phi) is 6.72. The Bertz CT molecular complexity index is 1270. The summed E-state index contributed by atoms with van der Waals surface area (Å²) in [5, 5.41) is 7.07. The highest BCUT2D eigenvalue weighted by atomic mass is 19.3. The van der Waals surface area contributed by atoms with Crippen LogP contribution in [-0.4, -0.2) is 36.5 Å². The number of ether oxygens (including phenoxy) is 3. The molecular formula is C25H21F2N3O4. The number of alkyl halides is 2. The van der Waals surface area contributed by atoms with Gasteiger partial charge in [-0.1, -0.05) is 12.1 Å². The van der Waals surface area contributed by atoms with Gasteiger partial charge in [-0.15, -0.1) is 0 Å². The molecule has 0 fully saturated rings. The number of halogens is 2. The molecule has 0 aliphatic rings. The zero-order valence-electron chi connectivity index (χ0n) is 18.4. The molecule has 4 aromatic rings. The molecule has 9 heteroatoms. The van der Waals surface area contributed by atoms with Crippen LogP contribution in [0.5, 0.6) is 17.2 Å². The number of hydrogen-bond donors (Lipinski definition) is 1. The summed E-state index contributed by atoms with van der Waals surface area (Å²) in [6, 6.07) is 20.1. The van der Waals surface area contributed by atoms with Crippen LogP contribution in [0.2, 0.25) is 0 Å². The maximum atomic E-state index is 12.9. The number of methoxy groups -OCH3 is 2. The monoisotopic (exact) mass is 465 g/mol. The summed E-state index contributed by atoms with van der Waals surface area (Å²) in [6.07, 6.45) is 1.67. The Hall–Kier alpha value is -4.40. The van der Waals surface area contributed by atoms with E-state index in [1.54, 1.807) is 66.5 Å². The molecule has 0 spiro atoms. The number of amides is 1. The molecule has 3 aromatic carbocycles. The van der Waals surface area contributed by atoms with E-state index in [1.807, 2.05) is 12.1 Å². The summed E-state index contributed by atoms with van der Waals surface area (Å²) in [5.41, 5.74) is 2.36. The lowest BCUT2D eigenvalue weighted by Gasteiger charge is -2.13. The van der Waals surface area contributed by atoms with Crippen molar-refractivity contribution in [2.45, 2.75) is 6.61 Å². The molecule has 7 nitrogen and oxygen atoms in total. The molecule has 0 bridgehead atoms. The van der Waals surface area contributed by atoms with Crippen molar-refractivity contribution in [3.8, 4) is 34.1 Å². The van der Waals surface area contributed by atoms with Crippen LogP contribution in [0, 0.1) is 0 Å². The third-order valence-electron chi connectivity index (χ3n) is 5.01. The maximum absolute atomic E-state index is 12.9. The molecule has 0 unspecified atom stereocenters. The smallest absolute Gasteiger partial charge is 0.387 e. The fourth-order valence-electron chi connectivity index (χ4n) is 3.32. The van der Waals surface area contributed by atoms with Crippen molar-refractivity contribution in [3.05, 3.63) is 84.7 Å². The van der Waals surface area contributed by atoms with E-state index < -0.39 is 12.5 Å². The van der Waals surface area contributed by atoms with Gasteiger partial charge in [-0.25, -0.2) is 4.68 Å². The number of aromatic nitrogens is 2. The minimum atomic E-state index is -2.99. The van der Waals surface area contributed by atoms with E-state index in [1.165, 1.54) is 19.2 Å². The third-order valence-corrected chi connectivity index (χ3v) is 5.01. The van der Waals surface area contributed by atoms with Crippen molar-refractivity contribution in [1.82, 2.24) is 9.78 Å². The van der Waals surface area contributed by atoms with E-state index in [4.69, 9.17) is 9.47 Å². The van der Waals surface area contributed by atoms with Crippen LogP contribution >= 0.6 is 0 Å². The zero-order valence-corrected chi connectivity index (χ0v) is 18.4. The second-order valence-electron chi connectivity index (χ2n) is 7.12. The normalized spacial score (nSPS) is 10.7. The van der Waals surface area contributed by atoms with E-state index in [2.05, 4.69) is 15.2 Å². The van der Waals surface area contributed by atoms with Crippen LogP contribution in [0.4, 0.5) is 14.5 Å². The fraction of sp³-hybridized carbons (Fsp3) is 0.120. The highest BCUT2D eigenvalue weighted by Crippen LogP contribution is 2.34. The topological polar surface area (TPSA) is 74.6 Å². The average molecular weight is 465 g/mol. The van der Waals surface area contributed by atoms with E-state index in [0.29, 0.717) is 28.3 Å². The lowest BCUT2D eigenvalue weighted by Crippen LogP contribution is -2.13. The lowest BCUT2D eigenvalue weighted by atomic mass is 10.0. The number of benzene rings is 3. The first kappa shape index (κ1) is 22.8. The van der Waals surface area contributed by atoms with Crippen LogP contribution in [-0.2, 0) is 0 Å². The molecule has 1 N–H and O–H groups in total. The van der Waals surface area contributed by atoms with Crippen LogP contribution < -0.4 is 19.5 Å². The summed E-state index contributed by atoms with van der Waals surface area (Å²) in [4.78, 5) is 12.8. The van der Waals surface area contributed by atoms with Crippen LogP contribution in [0.1, 0.15) is 10.5 Å². The number of hydrogen-bond acceptors (Lipinski definition) is 5. The molecule has 34 heavy (non-hydrogen) atoms. The number of anilines is 1. The molecular weight excluding hydrogens is 444 g/mol. The van der Waals surface area contributed by atoms with Gasteiger partial charge in [0.1, 0.15) is 17.2 Å². The summed E-state index contributed by atoms with van der Waals surface area (Å²) in [7, 11) is 3.12. The molecule has 1 aromatic heterocycles. The maximum Gasteiger partial charge on any atom is 0.387 e.